The topological polar surface area (TPSA) is 21.3 Å². The maximum Gasteiger partial charge on any atom is 0.142 e. The van der Waals surface area contributed by atoms with Gasteiger partial charge in [0.05, 0.1) is 11.1 Å². The van der Waals surface area contributed by atoms with Crippen LogP contribution in [0.5, 0.6) is 5.75 Å². The quantitative estimate of drug-likeness (QED) is 0.684. The highest BCUT2D eigenvalue weighted by Crippen LogP contribution is 2.33. The van der Waals surface area contributed by atoms with Crippen molar-refractivity contribution in [2.45, 2.75) is 32.9 Å². The molecule has 0 atom stereocenters. The summed E-state index contributed by atoms with van der Waals surface area (Å²) in [7, 11) is 0. The van der Waals surface area contributed by atoms with E-state index in [1.165, 1.54) is 6.07 Å². The monoisotopic (exact) mass is 355 g/mol. The van der Waals surface area contributed by atoms with Gasteiger partial charge in [-0.1, -0.05) is 41.4 Å². The lowest BCUT2D eigenvalue weighted by molar-refractivity contribution is 0.239. The lowest BCUT2D eigenvalue weighted by atomic mass is 10.1. The molecule has 0 amide bonds. The molecule has 124 valence electrons. The second-order valence-electron chi connectivity index (χ2n) is 5.56. The Balaban J connectivity index is 1.98. The first-order valence-corrected chi connectivity index (χ1v) is 8.31. The summed E-state index contributed by atoms with van der Waals surface area (Å²) < 4.78 is 19.3. The van der Waals surface area contributed by atoms with Crippen molar-refractivity contribution in [2.24, 2.45) is 0 Å². The molecule has 0 aromatic heterocycles. The maximum atomic E-state index is 13.6. The van der Waals surface area contributed by atoms with Crippen molar-refractivity contribution in [3.05, 3.63) is 63.4 Å². The zero-order valence-corrected chi connectivity index (χ0v) is 14.7. The fraction of sp³-hybridized carbons (Fsp3) is 0.333. The second kappa shape index (κ2) is 8.53. The highest BCUT2D eigenvalue weighted by molar-refractivity contribution is 6.35. The maximum absolute atomic E-state index is 13.6. The molecule has 0 heterocycles. The average Bonchev–Trinajstić information content (AvgIpc) is 2.48. The van der Waals surface area contributed by atoms with E-state index in [1.54, 1.807) is 18.2 Å². The van der Waals surface area contributed by atoms with Crippen LogP contribution >= 0.6 is 23.2 Å². The predicted molar refractivity (Wildman–Crippen MR) is 94.0 cm³/mol. The van der Waals surface area contributed by atoms with Crippen LogP contribution in [0.4, 0.5) is 4.39 Å². The second-order valence-corrected chi connectivity index (χ2v) is 6.40. The van der Waals surface area contributed by atoms with Gasteiger partial charge in [-0.2, -0.15) is 0 Å². The molecule has 0 fully saturated rings. The highest BCUT2D eigenvalue weighted by atomic mass is 35.5. The molecule has 0 saturated carbocycles. The van der Waals surface area contributed by atoms with Gasteiger partial charge in [0.2, 0.25) is 0 Å². The summed E-state index contributed by atoms with van der Waals surface area (Å²) in [6.45, 7) is 5.09. The zero-order chi connectivity index (χ0) is 16.8. The van der Waals surface area contributed by atoms with Gasteiger partial charge in [0, 0.05) is 17.1 Å². The van der Waals surface area contributed by atoms with E-state index < -0.39 is 0 Å². The van der Waals surface area contributed by atoms with Gasteiger partial charge in [-0.25, -0.2) is 4.39 Å². The van der Waals surface area contributed by atoms with E-state index in [0.29, 0.717) is 40.9 Å². The predicted octanol–water partition coefficient (Wildman–Crippen LogP) is 5.25. The van der Waals surface area contributed by atoms with Crippen LogP contribution in [-0.4, -0.2) is 12.6 Å². The van der Waals surface area contributed by atoms with Gasteiger partial charge >= 0.3 is 0 Å². The van der Waals surface area contributed by atoms with E-state index in [-0.39, 0.29) is 11.9 Å². The van der Waals surface area contributed by atoms with Crippen molar-refractivity contribution >= 4 is 23.2 Å². The molecular formula is C18H20Cl2FNO. The molecule has 2 aromatic rings. The summed E-state index contributed by atoms with van der Waals surface area (Å²) in [5.41, 5.74) is 1.59. The molecule has 23 heavy (non-hydrogen) atoms. The number of benzene rings is 2. The summed E-state index contributed by atoms with van der Waals surface area (Å²) in [6.07, 6.45) is 0.632. The molecule has 2 nitrogen and oxygen atoms in total. The smallest absolute Gasteiger partial charge is 0.142 e. The van der Waals surface area contributed by atoms with Gasteiger partial charge in [-0.15, -0.1) is 0 Å². The van der Waals surface area contributed by atoms with Gasteiger partial charge in [-0.3, -0.25) is 0 Å². The molecule has 0 aliphatic heterocycles. The number of rotatable bonds is 7. The summed E-state index contributed by atoms with van der Waals surface area (Å²) in [5, 5.41) is 4.35. The molecule has 0 saturated heterocycles. The SMILES string of the molecule is CC(C)Oc1c(Cl)cc(Cl)cc1CNCCc1ccccc1F. The molecule has 0 aliphatic rings. The summed E-state index contributed by atoms with van der Waals surface area (Å²) in [6, 6.07) is 10.3. The van der Waals surface area contributed by atoms with Crippen LogP contribution in [0.25, 0.3) is 0 Å². The minimum Gasteiger partial charge on any atom is -0.489 e. The third-order valence-electron chi connectivity index (χ3n) is 3.28. The summed E-state index contributed by atoms with van der Waals surface area (Å²) in [4.78, 5) is 0. The number of ether oxygens (including phenoxy) is 1. The molecule has 1 N–H and O–H groups in total. The first kappa shape index (κ1) is 18.1. The van der Waals surface area contributed by atoms with E-state index in [1.807, 2.05) is 26.0 Å². The fourth-order valence-corrected chi connectivity index (χ4v) is 2.84. The van der Waals surface area contributed by atoms with Crippen LogP contribution in [0.3, 0.4) is 0 Å². The van der Waals surface area contributed by atoms with Crippen molar-refractivity contribution in [2.75, 3.05) is 6.54 Å². The average molecular weight is 356 g/mol. The van der Waals surface area contributed by atoms with E-state index in [0.717, 1.165) is 5.56 Å². The molecule has 0 bridgehead atoms. The third-order valence-corrected chi connectivity index (χ3v) is 3.78. The Labute approximate surface area is 146 Å². The molecule has 0 radical (unpaired) electrons. The van der Waals surface area contributed by atoms with Crippen LogP contribution in [0, 0.1) is 5.82 Å². The van der Waals surface area contributed by atoms with Crippen LogP contribution in [0.2, 0.25) is 10.0 Å². The van der Waals surface area contributed by atoms with Gasteiger partial charge in [0.1, 0.15) is 11.6 Å². The van der Waals surface area contributed by atoms with Gasteiger partial charge in [0.15, 0.2) is 0 Å². The first-order valence-electron chi connectivity index (χ1n) is 7.56. The van der Waals surface area contributed by atoms with Crippen molar-refractivity contribution in [3.63, 3.8) is 0 Å². The summed E-state index contributed by atoms with van der Waals surface area (Å²) >= 11 is 12.3. The fourth-order valence-electron chi connectivity index (χ4n) is 2.26. The third kappa shape index (κ3) is 5.38. The molecule has 2 rings (SSSR count). The Morgan fingerprint density at radius 1 is 1.13 bits per heavy atom. The lowest BCUT2D eigenvalue weighted by Gasteiger charge is -2.17. The Morgan fingerprint density at radius 3 is 2.57 bits per heavy atom. The van der Waals surface area contributed by atoms with Crippen LogP contribution in [-0.2, 0) is 13.0 Å². The van der Waals surface area contributed by atoms with Gasteiger partial charge in [0.25, 0.3) is 0 Å². The van der Waals surface area contributed by atoms with Crippen molar-refractivity contribution < 1.29 is 9.13 Å². The van der Waals surface area contributed by atoms with Crippen LogP contribution < -0.4 is 10.1 Å². The number of halogens is 3. The lowest BCUT2D eigenvalue weighted by Crippen LogP contribution is -2.18. The molecule has 0 aliphatic carbocycles. The Bertz CT molecular complexity index is 661. The van der Waals surface area contributed by atoms with Crippen LogP contribution in [0.15, 0.2) is 36.4 Å². The molecule has 0 unspecified atom stereocenters. The Hall–Kier alpha value is -1.29. The summed E-state index contributed by atoms with van der Waals surface area (Å²) in [5.74, 6) is 0.466. The molecular weight excluding hydrogens is 336 g/mol. The van der Waals surface area contributed by atoms with E-state index in [4.69, 9.17) is 27.9 Å². The standard InChI is InChI=1S/C18H20Cl2FNO/c1-12(2)23-18-14(9-15(19)10-16(18)20)11-22-8-7-13-5-3-4-6-17(13)21/h3-6,9-10,12,22H,7-8,11H2,1-2H3. The van der Waals surface area contributed by atoms with Gasteiger partial charge < -0.3 is 10.1 Å². The number of nitrogens with one attached hydrogen (secondary N) is 1. The van der Waals surface area contributed by atoms with Crippen LogP contribution in [0.1, 0.15) is 25.0 Å². The van der Waals surface area contributed by atoms with Crippen molar-refractivity contribution in [3.8, 4) is 5.75 Å². The van der Waals surface area contributed by atoms with E-state index in [2.05, 4.69) is 5.32 Å². The minimum absolute atomic E-state index is 0.0193. The zero-order valence-electron chi connectivity index (χ0n) is 13.2. The van der Waals surface area contributed by atoms with E-state index in [9.17, 15) is 4.39 Å². The van der Waals surface area contributed by atoms with E-state index >= 15 is 0 Å². The molecule has 0 spiro atoms. The number of hydrogen-bond acceptors (Lipinski definition) is 2. The minimum atomic E-state index is -0.177. The molecule has 2 aromatic carbocycles. The van der Waals surface area contributed by atoms with Gasteiger partial charge in [-0.05, 0) is 50.6 Å². The van der Waals surface area contributed by atoms with Crippen molar-refractivity contribution in [1.29, 1.82) is 0 Å². The molecule has 5 heteroatoms. The Morgan fingerprint density at radius 2 is 1.87 bits per heavy atom. The van der Waals surface area contributed by atoms with Crippen molar-refractivity contribution in [1.82, 2.24) is 5.32 Å². The highest BCUT2D eigenvalue weighted by Gasteiger charge is 2.12. The number of hydrogen-bond donors (Lipinski definition) is 1. The first-order chi connectivity index (χ1) is 11.0. The normalized spacial score (nSPS) is 11.0. The largest absolute Gasteiger partial charge is 0.489 e. The Kier molecular flexibility index (Phi) is 6.70.